The van der Waals surface area contributed by atoms with Gasteiger partial charge in [0.15, 0.2) is 0 Å². The Bertz CT molecular complexity index is 519. The van der Waals surface area contributed by atoms with Gasteiger partial charge in [0, 0.05) is 30.2 Å². The SMILES string of the molecule is CN(C)CCCNCCn1cc(Cl)c2ccccc21. The summed E-state index contributed by atoms with van der Waals surface area (Å²) in [6, 6.07) is 8.27. The zero-order chi connectivity index (χ0) is 13.7. The molecule has 4 heteroatoms. The number of rotatable bonds is 7. The Morgan fingerprint density at radius 3 is 2.79 bits per heavy atom. The van der Waals surface area contributed by atoms with Crippen LogP contribution in [0.15, 0.2) is 30.5 Å². The van der Waals surface area contributed by atoms with Crippen LogP contribution in [0.5, 0.6) is 0 Å². The van der Waals surface area contributed by atoms with Crippen molar-refractivity contribution in [1.82, 2.24) is 14.8 Å². The summed E-state index contributed by atoms with van der Waals surface area (Å²) in [5.74, 6) is 0. The van der Waals surface area contributed by atoms with Crippen molar-refractivity contribution in [3.05, 3.63) is 35.5 Å². The van der Waals surface area contributed by atoms with Crippen LogP contribution in [0.4, 0.5) is 0 Å². The van der Waals surface area contributed by atoms with Crippen LogP contribution in [0.2, 0.25) is 5.02 Å². The quantitative estimate of drug-likeness (QED) is 0.787. The van der Waals surface area contributed by atoms with Crippen molar-refractivity contribution in [2.24, 2.45) is 0 Å². The molecule has 0 saturated carbocycles. The lowest BCUT2D eigenvalue weighted by molar-refractivity contribution is 0.393. The first-order valence-electron chi connectivity index (χ1n) is 6.77. The first-order chi connectivity index (χ1) is 9.18. The molecular weight excluding hydrogens is 258 g/mol. The molecular formula is C15H22ClN3. The van der Waals surface area contributed by atoms with E-state index in [0.29, 0.717) is 0 Å². The molecule has 19 heavy (non-hydrogen) atoms. The Balaban J connectivity index is 1.82. The van der Waals surface area contributed by atoms with Crippen LogP contribution in [0.1, 0.15) is 6.42 Å². The molecule has 0 spiro atoms. The molecule has 3 nitrogen and oxygen atoms in total. The minimum atomic E-state index is 0.836. The molecule has 0 radical (unpaired) electrons. The summed E-state index contributed by atoms with van der Waals surface area (Å²) in [6.45, 7) is 4.12. The molecule has 0 atom stereocenters. The van der Waals surface area contributed by atoms with E-state index in [-0.39, 0.29) is 0 Å². The van der Waals surface area contributed by atoms with Gasteiger partial charge >= 0.3 is 0 Å². The van der Waals surface area contributed by atoms with Gasteiger partial charge in [0.1, 0.15) is 0 Å². The fourth-order valence-corrected chi connectivity index (χ4v) is 2.51. The molecule has 2 aromatic rings. The van der Waals surface area contributed by atoms with Crippen molar-refractivity contribution in [3.8, 4) is 0 Å². The molecule has 0 amide bonds. The maximum atomic E-state index is 6.23. The number of nitrogens with zero attached hydrogens (tertiary/aromatic N) is 2. The molecule has 0 aliphatic rings. The third-order valence-corrected chi connectivity index (χ3v) is 3.53. The lowest BCUT2D eigenvalue weighted by Crippen LogP contribution is -2.24. The van der Waals surface area contributed by atoms with E-state index < -0.39 is 0 Å². The van der Waals surface area contributed by atoms with E-state index >= 15 is 0 Å². The molecule has 0 aliphatic carbocycles. The number of fused-ring (bicyclic) bond motifs is 1. The van der Waals surface area contributed by atoms with E-state index in [1.54, 1.807) is 0 Å². The lowest BCUT2D eigenvalue weighted by Gasteiger charge is -2.10. The first-order valence-corrected chi connectivity index (χ1v) is 7.15. The number of benzene rings is 1. The molecule has 0 unspecified atom stereocenters. The number of hydrogen-bond donors (Lipinski definition) is 1. The zero-order valence-corrected chi connectivity index (χ0v) is 12.5. The van der Waals surface area contributed by atoms with E-state index in [1.165, 1.54) is 11.9 Å². The van der Waals surface area contributed by atoms with Gasteiger partial charge in [-0.2, -0.15) is 0 Å². The minimum absolute atomic E-state index is 0.836. The van der Waals surface area contributed by atoms with Crippen LogP contribution in [0.3, 0.4) is 0 Å². The smallest absolute Gasteiger partial charge is 0.0661 e. The Morgan fingerprint density at radius 1 is 1.21 bits per heavy atom. The Labute approximate surface area is 120 Å². The van der Waals surface area contributed by atoms with Crippen LogP contribution < -0.4 is 5.32 Å². The zero-order valence-electron chi connectivity index (χ0n) is 11.7. The molecule has 1 aromatic heterocycles. The molecule has 0 aliphatic heterocycles. The lowest BCUT2D eigenvalue weighted by atomic mass is 10.2. The highest BCUT2D eigenvalue weighted by Gasteiger charge is 2.04. The topological polar surface area (TPSA) is 20.2 Å². The fraction of sp³-hybridized carbons (Fsp3) is 0.467. The molecule has 104 valence electrons. The maximum Gasteiger partial charge on any atom is 0.0661 e. The third kappa shape index (κ3) is 3.96. The monoisotopic (exact) mass is 279 g/mol. The molecule has 1 heterocycles. The van der Waals surface area contributed by atoms with Crippen LogP contribution in [0, 0.1) is 0 Å². The highest BCUT2D eigenvalue weighted by molar-refractivity contribution is 6.35. The van der Waals surface area contributed by atoms with Gasteiger partial charge in [0.05, 0.1) is 5.02 Å². The summed E-state index contributed by atoms with van der Waals surface area (Å²) < 4.78 is 2.22. The maximum absolute atomic E-state index is 6.23. The van der Waals surface area contributed by atoms with Crippen LogP contribution in [-0.2, 0) is 6.54 Å². The van der Waals surface area contributed by atoms with Gasteiger partial charge in [-0.05, 0) is 39.7 Å². The predicted octanol–water partition coefficient (Wildman–Crippen LogP) is 2.84. The van der Waals surface area contributed by atoms with E-state index in [2.05, 4.69) is 47.1 Å². The summed E-state index contributed by atoms with van der Waals surface area (Å²) in [6.07, 6.45) is 3.20. The van der Waals surface area contributed by atoms with Crippen LogP contribution in [-0.4, -0.2) is 43.2 Å². The average Bonchev–Trinajstić information content (AvgIpc) is 2.71. The van der Waals surface area contributed by atoms with Crippen molar-refractivity contribution in [2.45, 2.75) is 13.0 Å². The molecule has 1 N–H and O–H groups in total. The summed E-state index contributed by atoms with van der Waals surface area (Å²) in [7, 11) is 4.21. The summed E-state index contributed by atoms with van der Waals surface area (Å²) in [5, 5.41) is 5.44. The highest BCUT2D eigenvalue weighted by atomic mass is 35.5. The van der Waals surface area contributed by atoms with Crippen molar-refractivity contribution in [1.29, 1.82) is 0 Å². The van der Waals surface area contributed by atoms with Crippen molar-refractivity contribution >= 4 is 22.5 Å². The molecule has 0 fully saturated rings. The van der Waals surface area contributed by atoms with Gasteiger partial charge in [-0.1, -0.05) is 29.8 Å². The van der Waals surface area contributed by atoms with Gasteiger partial charge in [-0.3, -0.25) is 0 Å². The third-order valence-electron chi connectivity index (χ3n) is 3.23. The second-order valence-corrected chi connectivity index (χ2v) is 5.50. The van der Waals surface area contributed by atoms with Crippen molar-refractivity contribution < 1.29 is 0 Å². The Morgan fingerprint density at radius 2 is 2.00 bits per heavy atom. The second-order valence-electron chi connectivity index (χ2n) is 5.09. The second kappa shape index (κ2) is 6.94. The van der Waals surface area contributed by atoms with Gasteiger partial charge in [-0.25, -0.2) is 0 Å². The highest BCUT2D eigenvalue weighted by Crippen LogP contribution is 2.25. The fourth-order valence-electron chi connectivity index (χ4n) is 2.23. The average molecular weight is 280 g/mol. The number of hydrogen-bond acceptors (Lipinski definition) is 2. The molecule has 0 bridgehead atoms. The van der Waals surface area contributed by atoms with Crippen LogP contribution in [0.25, 0.3) is 10.9 Å². The Hall–Kier alpha value is -1.03. The van der Waals surface area contributed by atoms with E-state index in [0.717, 1.165) is 36.6 Å². The normalized spacial score (nSPS) is 11.6. The Kier molecular flexibility index (Phi) is 5.25. The van der Waals surface area contributed by atoms with E-state index in [9.17, 15) is 0 Å². The summed E-state index contributed by atoms with van der Waals surface area (Å²) >= 11 is 6.23. The molecule has 0 saturated heterocycles. The molecule has 1 aromatic carbocycles. The standard InChI is InChI=1S/C15H22ClN3/c1-18(2)10-5-8-17-9-11-19-12-14(16)13-6-3-4-7-15(13)19/h3-4,6-7,12,17H,5,8-11H2,1-2H3. The number of para-hydroxylation sites is 1. The van der Waals surface area contributed by atoms with Gasteiger partial charge in [0.25, 0.3) is 0 Å². The first kappa shape index (κ1) is 14.4. The number of halogens is 1. The summed E-state index contributed by atoms with van der Waals surface area (Å²) in [5.41, 5.74) is 1.21. The van der Waals surface area contributed by atoms with E-state index in [1.807, 2.05) is 12.3 Å². The number of nitrogens with one attached hydrogen (secondary N) is 1. The molecule has 2 rings (SSSR count). The van der Waals surface area contributed by atoms with Crippen molar-refractivity contribution in [3.63, 3.8) is 0 Å². The van der Waals surface area contributed by atoms with Gasteiger partial charge in [0.2, 0.25) is 0 Å². The van der Waals surface area contributed by atoms with E-state index in [4.69, 9.17) is 11.6 Å². The van der Waals surface area contributed by atoms with Crippen molar-refractivity contribution in [2.75, 3.05) is 33.7 Å². The summed E-state index contributed by atoms with van der Waals surface area (Å²) in [4.78, 5) is 2.21. The largest absolute Gasteiger partial charge is 0.345 e. The van der Waals surface area contributed by atoms with Gasteiger partial charge in [-0.15, -0.1) is 0 Å². The number of aromatic nitrogens is 1. The van der Waals surface area contributed by atoms with Crippen LogP contribution >= 0.6 is 11.6 Å². The van der Waals surface area contributed by atoms with Gasteiger partial charge < -0.3 is 14.8 Å². The minimum Gasteiger partial charge on any atom is -0.345 e. The predicted molar refractivity (Wildman–Crippen MR) is 83.0 cm³/mol.